The van der Waals surface area contributed by atoms with Crippen molar-refractivity contribution in [2.45, 2.75) is 17.0 Å². The number of halogens is 3. The Labute approximate surface area is 138 Å². The zero-order valence-electron chi connectivity index (χ0n) is 12.1. The van der Waals surface area contributed by atoms with E-state index in [4.69, 9.17) is 0 Å². The third-order valence-corrected chi connectivity index (χ3v) is 3.77. The summed E-state index contributed by atoms with van der Waals surface area (Å²) in [7, 11) is 0. The number of nitrogens with one attached hydrogen (secondary N) is 2. The lowest BCUT2D eigenvalue weighted by atomic mass is 10.1. The van der Waals surface area contributed by atoms with Crippen LogP contribution in [0.4, 0.5) is 19.0 Å². The average Bonchev–Trinajstić information content (AvgIpc) is 2.95. The van der Waals surface area contributed by atoms with Crippen LogP contribution < -0.4 is 5.32 Å². The summed E-state index contributed by atoms with van der Waals surface area (Å²) in [5, 5.41) is 10.3. The topological polar surface area (TPSA) is 70.7 Å². The molecule has 24 heavy (non-hydrogen) atoms. The smallest absolute Gasteiger partial charge is 0.361 e. The van der Waals surface area contributed by atoms with Crippen LogP contribution >= 0.6 is 11.8 Å². The second-order valence-corrected chi connectivity index (χ2v) is 6.01. The molecule has 1 aromatic carbocycles. The van der Waals surface area contributed by atoms with E-state index in [0.29, 0.717) is 0 Å². The van der Waals surface area contributed by atoms with E-state index in [2.05, 4.69) is 20.5 Å². The Hall–Kier alpha value is -2.55. The number of aromatic nitrogens is 3. The third-order valence-electron chi connectivity index (χ3n) is 3.11. The highest BCUT2D eigenvalue weighted by atomic mass is 32.2. The summed E-state index contributed by atoms with van der Waals surface area (Å²) in [6, 6.07) is 9.97. The number of fused-ring (bicyclic) bond motifs is 1. The van der Waals surface area contributed by atoms with Crippen molar-refractivity contribution >= 4 is 34.4 Å². The fraction of sp³-hybridized carbons (Fsp3) is 0.133. The van der Waals surface area contributed by atoms with Crippen molar-refractivity contribution in [2.75, 3.05) is 5.32 Å². The molecule has 0 aliphatic heterocycles. The van der Waals surface area contributed by atoms with E-state index in [0.717, 1.165) is 22.5 Å². The Balaban J connectivity index is 1.61. The maximum Gasteiger partial charge on any atom is 0.447 e. The van der Waals surface area contributed by atoms with E-state index >= 15 is 0 Å². The van der Waals surface area contributed by atoms with Gasteiger partial charge in [-0.3, -0.25) is 4.79 Å². The predicted molar refractivity (Wildman–Crippen MR) is 84.6 cm³/mol. The van der Waals surface area contributed by atoms with Crippen molar-refractivity contribution in [2.24, 2.45) is 0 Å². The molecule has 0 aliphatic carbocycles. The highest BCUT2D eigenvalue weighted by Crippen LogP contribution is 2.35. The first-order valence-corrected chi connectivity index (χ1v) is 7.66. The van der Waals surface area contributed by atoms with Crippen LogP contribution in [0.1, 0.15) is 5.56 Å². The summed E-state index contributed by atoms with van der Waals surface area (Å²) in [5.41, 5.74) is -2.69. The van der Waals surface area contributed by atoms with Crippen molar-refractivity contribution in [1.29, 1.82) is 0 Å². The number of anilines is 1. The summed E-state index contributed by atoms with van der Waals surface area (Å²) in [4.78, 5) is 15.1. The molecule has 5 nitrogen and oxygen atoms in total. The number of H-pyrrole nitrogens is 1. The summed E-state index contributed by atoms with van der Waals surface area (Å²) in [5.74, 6) is -0.223. The van der Waals surface area contributed by atoms with Gasteiger partial charge in [0, 0.05) is 23.5 Å². The Morgan fingerprint density at radius 3 is 2.71 bits per heavy atom. The molecule has 1 amide bonds. The number of hydrogen-bond donors (Lipinski definition) is 2. The van der Waals surface area contributed by atoms with E-state index in [-0.39, 0.29) is 34.9 Å². The van der Waals surface area contributed by atoms with Crippen LogP contribution in [-0.4, -0.2) is 26.6 Å². The predicted octanol–water partition coefficient (Wildman–Crippen LogP) is 3.75. The molecular formula is C15H11F3N4OS. The quantitative estimate of drug-likeness (QED) is 0.702. The largest absolute Gasteiger partial charge is 0.447 e. The Morgan fingerprint density at radius 2 is 2.00 bits per heavy atom. The molecule has 0 bridgehead atoms. The second-order valence-electron chi connectivity index (χ2n) is 4.93. The van der Waals surface area contributed by atoms with Crippen molar-refractivity contribution < 1.29 is 18.0 Å². The molecule has 0 fully saturated rings. The minimum atomic E-state index is -4.42. The van der Waals surface area contributed by atoms with E-state index in [1.54, 1.807) is 0 Å². The van der Waals surface area contributed by atoms with Crippen molar-refractivity contribution in [3.8, 4) is 0 Å². The van der Waals surface area contributed by atoms with Gasteiger partial charge in [0.25, 0.3) is 0 Å². The standard InChI is InChI=1S/C15H11F3N4OS/c16-15(17,18)24-14-4-3-12(21-22-14)20-13(23)8-9-1-2-10-5-6-19-11(10)7-9/h1-7,19H,8H2,(H,20,21,23). The van der Waals surface area contributed by atoms with Crippen molar-refractivity contribution in [3.05, 3.63) is 48.2 Å². The normalized spacial score (nSPS) is 11.6. The van der Waals surface area contributed by atoms with Gasteiger partial charge in [-0.25, -0.2) is 0 Å². The third kappa shape index (κ3) is 4.25. The molecule has 9 heteroatoms. The van der Waals surface area contributed by atoms with Crippen LogP contribution in [0.15, 0.2) is 47.6 Å². The summed E-state index contributed by atoms with van der Waals surface area (Å²) >= 11 is -0.357. The second kappa shape index (κ2) is 6.52. The molecule has 0 saturated carbocycles. The Bertz CT molecular complexity index is 861. The molecule has 0 radical (unpaired) electrons. The molecule has 124 valence electrons. The molecule has 2 aromatic heterocycles. The van der Waals surface area contributed by atoms with Gasteiger partial charge in [0.1, 0.15) is 5.03 Å². The molecular weight excluding hydrogens is 341 g/mol. The summed E-state index contributed by atoms with van der Waals surface area (Å²) < 4.78 is 36.6. The molecule has 0 aliphatic rings. The van der Waals surface area contributed by atoms with Gasteiger partial charge in [-0.2, -0.15) is 13.2 Å². The first-order valence-electron chi connectivity index (χ1n) is 6.84. The molecule has 0 spiro atoms. The average molecular weight is 352 g/mol. The van der Waals surface area contributed by atoms with Crippen LogP contribution in [0.25, 0.3) is 10.9 Å². The number of thioether (sulfide) groups is 1. The van der Waals surface area contributed by atoms with Gasteiger partial charge in [0.05, 0.1) is 6.42 Å². The molecule has 3 aromatic rings. The zero-order valence-corrected chi connectivity index (χ0v) is 12.9. The number of amides is 1. The van der Waals surface area contributed by atoms with Crippen LogP contribution in [0.2, 0.25) is 0 Å². The lowest BCUT2D eigenvalue weighted by molar-refractivity contribution is -0.115. The minimum absolute atomic E-state index is 0.104. The number of carbonyl (C=O) groups excluding carboxylic acids is 1. The highest BCUT2D eigenvalue weighted by molar-refractivity contribution is 8.00. The maximum absolute atomic E-state index is 12.2. The number of rotatable bonds is 4. The van der Waals surface area contributed by atoms with Gasteiger partial charge >= 0.3 is 5.51 Å². The number of benzene rings is 1. The van der Waals surface area contributed by atoms with E-state index in [1.165, 1.54) is 6.07 Å². The summed E-state index contributed by atoms with van der Waals surface area (Å²) in [6.45, 7) is 0. The molecule has 2 N–H and O–H groups in total. The first kappa shape index (κ1) is 16.3. The molecule has 2 heterocycles. The van der Waals surface area contributed by atoms with Crippen molar-refractivity contribution in [1.82, 2.24) is 15.2 Å². The highest BCUT2D eigenvalue weighted by Gasteiger charge is 2.30. The van der Waals surface area contributed by atoms with Gasteiger partial charge in [-0.05, 0) is 35.2 Å². The zero-order chi connectivity index (χ0) is 17.2. The van der Waals surface area contributed by atoms with E-state index in [1.807, 2.05) is 30.5 Å². The lowest BCUT2D eigenvalue weighted by Crippen LogP contribution is -2.15. The number of hydrogen-bond acceptors (Lipinski definition) is 4. The van der Waals surface area contributed by atoms with E-state index < -0.39 is 5.51 Å². The lowest BCUT2D eigenvalue weighted by Gasteiger charge is -2.06. The minimum Gasteiger partial charge on any atom is -0.361 e. The number of aromatic amines is 1. The van der Waals surface area contributed by atoms with Crippen LogP contribution in [0.5, 0.6) is 0 Å². The molecule has 0 atom stereocenters. The van der Waals surface area contributed by atoms with Gasteiger partial charge in [-0.15, -0.1) is 10.2 Å². The number of nitrogens with zero attached hydrogens (tertiary/aromatic N) is 2. The maximum atomic E-state index is 12.2. The van der Waals surface area contributed by atoms with Crippen molar-refractivity contribution in [3.63, 3.8) is 0 Å². The summed E-state index contributed by atoms with van der Waals surface area (Å²) in [6.07, 6.45) is 1.93. The number of alkyl halides is 3. The van der Waals surface area contributed by atoms with Gasteiger partial charge in [0.15, 0.2) is 5.82 Å². The molecule has 0 unspecified atom stereocenters. The van der Waals surface area contributed by atoms with Crippen LogP contribution in [0.3, 0.4) is 0 Å². The monoisotopic (exact) mass is 352 g/mol. The van der Waals surface area contributed by atoms with E-state index in [9.17, 15) is 18.0 Å². The Kier molecular flexibility index (Phi) is 4.43. The SMILES string of the molecule is O=C(Cc1ccc2cc[nH]c2c1)Nc1ccc(SC(F)(F)F)nn1. The van der Waals surface area contributed by atoms with Gasteiger partial charge in [-0.1, -0.05) is 12.1 Å². The first-order chi connectivity index (χ1) is 11.4. The molecule has 0 saturated heterocycles. The fourth-order valence-electron chi connectivity index (χ4n) is 2.14. The van der Waals surface area contributed by atoms with Gasteiger partial charge in [0.2, 0.25) is 5.91 Å². The fourth-order valence-corrected chi connectivity index (χ4v) is 2.59. The molecule has 3 rings (SSSR count). The number of carbonyl (C=O) groups is 1. The van der Waals surface area contributed by atoms with Crippen LogP contribution in [0, 0.1) is 0 Å². The Morgan fingerprint density at radius 1 is 1.17 bits per heavy atom. The van der Waals surface area contributed by atoms with Crippen LogP contribution in [-0.2, 0) is 11.2 Å². The van der Waals surface area contributed by atoms with Gasteiger partial charge < -0.3 is 10.3 Å².